The second kappa shape index (κ2) is 13.1. The second-order valence-electron chi connectivity index (χ2n) is 7.68. The van der Waals surface area contributed by atoms with Crippen molar-refractivity contribution in [3.8, 4) is 0 Å². The number of allylic oxidation sites excluding steroid dienone is 3. The SMILES string of the molecule is COP(=O)(CP(=O)(COCc1ccc(/C=C(\C)CCC=C(C)C)s1)OC(C)C)OC. The first-order valence-electron chi connectivity index (χ1n) is 9.95. The fourth-order valence-corrected chi connectivity index (χ4v) is 8.63. The summed E-state index contributed by atoms with van der Waals surface area (Å²) in [6, 6.07) is 4.06. The largest absolute Gasteiger partial charge is 0.366 e. The molecule has 0 aromatic carbocycles. The molecule has 0 radical (unpaired) electrons. The minimum Gasteiger partial charge on any atom is -0.366 e. The molecule has 30 heavy (non-hydrogen) atoms. The van der Waals surface area contributed by atoms with Gasteiger partial charge in [0, 0.05) is 24.0 Å². The summed E-state index contributed by atoms with van der Waals surface area (Å²) < 4.78 is 46.7. The van der Waals surface area contributed by atoms with Crippen LogP contribution in [0.5, 0.6) is 0 Å². The van der Waals surface area contributed by atoms with Gasteiger partial charge in [-0.1, -0.05) is 17.2 Å². The molecule has 1 unspecified atom stereocenters. The van der Waals surface area contributed by atoms with E-state index in [-0.39, 0.29) is 18.4 Å². The Bertz CT molecular complexity index is 800. The van der Waals surface area contributed by atoms with Gasteiger partial charge in [-0.25, -0.2) is 0 Å². The van der Waals surface area contributed by atoms with Crippen LogP contribution in [0.4, 0.5) is 0 Å². The lowest BCUT2D eigenvalue weighted by Crippen LogP contribution is -2.10. The highest BCUT2D eigenvalue weighted by molar-refractivity contribution is 7.73. The summed E-state index contributed by atoms with van der Waals surface area (Å²) in [4.78, 5) is 2.18. The van der Waals surface area contributed by atoms with Gasteiger partial charge in [0.15, 0.2) is 0 Å². The second-order valence-corrected chi connectivity index (χ2v) is 14.1. The average molecular weight is 479 g/mol. The fourth-order valence-electron chi connectivity index (χ4n) is 2.68. The van der Waals surface area contributed by atoms with E-state index in [1.54, 1.807) is 25.2 Å². The third-order valence-corrected chi connectivity index (χ3v) is 10.7. The Hall–Kier alpha value is -0.520. The Morgan fingerprint density at radius 1 is 1.13 bits per heavy atom. The molecule has 0 amide bonds. The van der Waals surface area contributed by atoms with Gasteiger partial charge in [0.05, 0.1) is 12.7 Å². The van der Waals surface area contributed by atoms with Crippen molar-refractivity contribution >= 4 is 32.4 Å². The minimum absolute atomic E-state index is 0.146. The maximum absolute atomic E-state index is 13.2. The van der Waals surface area contributed by atoms with Crippen LogP contribution in [-0.4, -0.2) is 32.6 Å². The van der Waals surface area contributed by atoms with E-state index in [1.807, 2.05) is 6.07 Å². The fraction of sp³-hybridized carbons (Fsp3) is 0.619. The van der Waals surface area contributed by atoms with Gasteiger partial charge in [0.2, 0.25) is 7.37 Å². The predicted molar refractivity (Wildman–Crippen MR) is 127 cm³/mol. The van der Waals surface area contributed by atoms with Gasteiger partial charge in [-0.2, -0.15) is 0 Å². The Morgan fingerprint density at radius 3 is 2.37 bits per heavy atom. The smallest absolute Gasteiger partial charge is 0.339 e. The first-order valence-corrected chi connectivity index (χ1v) is 14.5. The summed E-state index contributed by atoms with van der Waals surface area (Å²) in [5, 5.41) is 0. The first kappa shape index (κ1) is 27.5. The highest BCUT2D eigenvalue weighted by Crippen LogP contribution is 2.63. The lowest BCUT2D eigenvalue weighted by molar-refractivity contribution is 0.143. The Labute approximate surface area is 185 Å². The van der Waals surface area contributed by atoms with Crippen molar-refractivity contribution in [3.63, 3.8) is 0 Å². The summed E-state index contributed by atoms with van der Waals surface area (Å²) in [6.07, 6.45) is 6.07. The van der Waals surface area contributed by atoms with E-state index in [2.05, 4.69) is 39.0 Å². The molecule has 0 saturated heterocycles. The van der Waals surface area contributed by atoms with E-state index in [0.29, 0.717) is 6.61 Å². The zero-order chi connectivity index (χ0) is 22.8. The van der Waals surface area contributed by atoms with Crippen LogP contribution in [0.2, 0.25) is 0 Å². The molecule has 1 heterocycles. The van der Waals surface area contributed by atoms with E-state index < -0.39 is 15.0 Å². The van der Waals surface area contributed by atoms with E-state index >= 15 is 0 Å². The van der Waals surface area contributed by atoms with Crippen molar-refractivity contribution in [2.24, 2.45) is 0 Å². The summed E-state index contributed by atoms with van der Waals surface area (Å²) in [5.41, 5.74) is 2.66. The quantitative estimate of drug-likeness (QED) is 0.203. The van der Waals surface area contributed by atoms with Crippen LogP contribution in [0.15, 0.2) is 29.4 Å². The van der Waals surface area contributed by atoms with Crippen molar-refractivity contribution in [2.75, 3.05) is 26.5 Å². The van der Waals surface area contributed by atoms with Crippen LogP contribution in [0.1, 0.15) is 57.2 Å². The van der Waals surface area contributed by atoms with Gasteiger partial charge in [-0.05, 0) is 65.7 Å². The number of hydrogen-bond acceptors (Lipinski definition) is 7. The summed E-state index contributed by atoms with van der Waals surface area (Å²) >= 11 is 1.64. The average Bonchev–Trinajstić information content (AvgIpc) is 3.07. The van der Waals surface area contributed by atoms with Crippen molar-refractivity contribution in [2.45, 2.75) is 60.2 Å². The molecule has 0 N–H and O–H groups in total. The third kappa shape index (κ3) is 10.7. The van der Waals surface area contributed by atoms with Gasteiger partial charge in [0.1, 0.15) is 12.3 Å². The Balaban J connectivity index is 2.69. The molecule has 9 heteroatoms. The lowest BCUT2D eigenvalue weighted by Gasteiger charge is -2.23. The molecule has 0 aliphatic rings. The van der Waals surface area contributed by atoms with Crippen LogP contribution in [0, 0.1) is 0 Å². The topological polar surface area (TPSA) is 71.1 Å². The molecule has 1 atom stereocenters. The van der Waals surface area contributed by atoms with Gasteiger partial charge < -0.3 is 18.3 Å². The van der Waals surface area contributed by atoms with Crippen molar-refractivity contribution in [1.82, 2.24) is 0 Å². The van der Waals surface area contributed by atoms with Crippen molar-refractivity contribution in [1.29, 1.82) is 0 Å². The van der Waals surface area contributed by atoms with Crippen LogP contribution < -0.4 is 0 Å². The highest BCUT2D eigenvalue weighted by atomic mass is 32.1. The van der Waals surface area contributed by atoms with Crippen molar-refractivity contribution in [3.05, 3.63) is 39.1 Å². The number of thiophene rings is 1. The van der Waals surface area contributed by atoms with Crippen LogP contribution >= 0.6 is 26.3 Å². The van der Waals surface area contributed by atoms with Gasteiger partial charge in [-0.3, -0.25) is 9.13 Å². The van der Waals surface area contributed by atoms with Gasteiger partial charge in [-0.15, -0.1) is 11.3 Å². The number of hydrogen-bond donors (Lipinski definition) is 0. The zero-order valence-corrected chi connectivity index (χ0v) is 21.8. The number of rotatable bonds is 14. The van der Waals surface area contributed by atoms with E-state index in [9.17, 15) is 9.13 Å². The highest BCUT2D eigenvalue weighted by Gasteiger charge is 2.37. The van der Waals surface area contributed by atoms with E-state index in [0.717, 1.165) is 22.6 Å². The van der Waals surface area contributed by atoms with Crippen LogP contribution in [-0.2, 0) is 34.0 Å². The van der Waals surface area contributed by atoms with Crippen LogP contribution in [0.3, 0.4) is 0 Å². The van der Waals surface area contributed by atoms with Gasteiger partial charge >= 0.3 is 7.60 Å². The molecule has 0 bridgehead atoms. The summed E-state index contributed by atoms with van der Waals surface area (Å²) in [6.45, 7) is 10.2. The normalized spacial score (nSPS) is 14.7. The lowest BCUT2D eigenvalue weighted by atomic mass is 10.1. The molecule has 1 aromatic rings. The summed E-state index contributed by atoms with van der Waals surface area (Å²) in [7, 11) is -4.29. The Kier molecular flexibility index (Phi) is 12.0. The molecule has 0 saturated carbocycles. The van der Waals surface area contributed by atoms with Crippen LogP contribution in [0.25, 0.3) is 6.08 Å². The molecule has 6 nitrogen and oxygen atoms in total. The van der Waals surface area contributed by atoms with E-state index in [1.165, 1.54) is 25.4 Å². The minimum atomic E-state index is -3.48. The zero-order valence-electron chi connectivity index (χ0n) is 19.2. The Morgan fingerprint density at radius 2 is 1.80 bits per heavy atom. The molecule has 0 aliphatic carbocycles. The molecular formula is C21H36O6P2S. The van der Waals surface area contributed by atoms with E-state index in [4.69, 9.17) is 18.3 Å². The maximum Gasteiger partial charge on any atom is 0.339 e. The maximum atomic E-state index is 13.2. The number of ether oxygens (including phenoxy) is 1. The molecule has 0 fully saturated rings. The standard InChI is InChI=1S/C21H36O6P2S/c1-17(2)9-8-10-19(5)13-20-11-12-21(30-20)14-26-15-28(22,27-18(3)4)16-29(23,24-6)25-7/h9,11-13,18H,8,10,14-16H2,1-7H3/b19-13+. The molecule has 0 aliphatic heterocycles. The predicted octanol–water partition coefficient (Wildman–Crippen LogP) is 7.52. The first-order chi connectivity index (χ1) is 14.0. The van der Waals surface area contributed by atoms with Gasteiger partial charge in [0.25, 0.3) is 0 Å². The molecule has 0 spiro atoms. The molecule has 1 rings (SSSR count). The monoisotopic (exact) mass is 478 g/mol. The molecule has 172 valence electrons. The van der Waals surface area contributed by atoms with Crippen molar-refractivity contribution < 1.29 is 27.4 Å². The summed E-state index contributed by atoms with van der Waals surface area (Å²) in [5.74, 6) is -0.311. The third-order valence-electron chi connectivity index (χ3n) is 4.04. The molecule has 1 aromatic heterocycles. The molecular weight excluding hydrogens is 442 g/mol.